The summed E-state index contributed by atoms with van der Waals surface area (Å²) >= 11 is 0. The van der Waals surface area contributed by atoms with Gasteiger partial charge in [-0.3, -0.25) is 4.79 Å². The first-order chi connectivity index (χ1) is 9.19. The van der Waals surface area contributed by atoms with Crippen molar-refractivity contribution in [3.05, 3.63) is 29.8 Å². The van der Waals surface area contributed by atoms with E-state index in [2.05, 4.69) is 0 Å². The third-order valence-electron chi connectivity index (χ3n) is 2.88. The third kappa shape index (κ3) is 5.58. The largest absolute Gasteiger partial charge is 0.508 e. The summed E-state index contributed by atoms with van der Waals surface area (Å²) < 4.78 is 22.1. The summed E-state index contributed by atoms with van der Waals surface area (Å²) in [5, 5.41) is 9.17. The molecule has 0 aliphatic heterocycles. The van der Waals surface area contributed by atoms with Crippen molar-refractivity contribution < 1.29 is 18.3 Å². The molecule has 0 bridgehead atoms. The van der Waals surface area contributed by atoms with E-state index in [1.807, 2.05) is 0 Å². The Morgan fingerprint density at radius 3 is 2.40 bits per heavy atom. The number of rotatable bonds is 6. The van der Waals surface area contributed by atoms with Gasteiger partial charge < -0.3 is 15.7 Å². The van der Waals surface area contributed by atoms with Crippen LogP contribution in [0.2, 0.25) is 0 Å². The summed E-state index contributed by atoms with van der Waals surface area (Å²) in [5.41, 5.74) is 6.66. The molecule has 0 aliphatic rings. The van der Waals surface area contributed by atoms with Gasteiger partial charge in [-0.05, 0) is 24.1 Å². The molecule has 1 aromatic carbocycles. The number of aromatic hydroxyl groups is 1. The number of nitrogens with two attached hydrogens (primary N) is 1. The van der Waals surface area contributed by atoms with Crippen LogP contribution in [0.4, 0.5) is 0 Å². The monoisotopic (exact) mass is 300 g/mol. The number of likely N-dealkylation sites (N-methyl/N-ethyl adjacent to an activating group) is 1. The van der Waals surface area contributed by atoms with Gasteiger partial charge in [0.25, 0.3) is 0 Å². The SMILES string of the molecule is CN(CCS(C)(=O)=O)C(=O)C(N)Cc1ccc(O)cc1. The second kappa shape index (κ2) is 6.71. The van der Waals surface area contributed by atoms with E-state index in [0.29, 0.717) is 6.42 Å². The molecular formula is C13H20N2O4S. The quantitative estimate of drug-likeness (QED) is 0.755. The van der Waals surface area contributed by atoms with Gasteiger partial charge in [0.15, 0.2) is 0 Å². The number of phenolic OH excluding ortho intramolecular Hbond substituents is 1. The molecule has 1 amide bonds. The van der Waals surface area contributed by atoms with Crippen molar-refractivity contribution in [3.63, 3.8) is 0 Å². The fraction of sp³-hybridized carbons (Fsp3) is 0.462. The van der Waals surface area contributed by atoms with E-state index in [4.69, 9.17) is 5.73 Å². The average Bonchev–Trinajstić information content (AvgIpc) is 2.36. The van der Waals surface area contributed by atoms with Gasteiger partial charge >= 0.3 is 0 Å². The van der Waals surface area contributed by atoms with Crippen LogP contribution in [0, 0.1) is 0 Å². The molecule has 0 saturated heterocycles. The summed E-state index contributed by atoms with van der Waals surface area (Å²) in [7, 11) is -1.57. The minimum absolute atomic E-state index is 0.0822. The van der Waals surface area contributed by atoms with Crippen molar-refractivity contribution in [2.75, 3.05) is 25.6 Å². The van der Waals surface area contributed by atoms with E-state index >= 15 is 0 Å². The Bertz CT molecular complexity index is 554. The molecule has 0 saturated carbocycles. The molecule has 0 fully saturated rings. The second-order valence-corrected chi connectivity index (χ2v) is 7.13. The number of carbonyl (C=O) groups excluding carboxylic acids is 1. The maximum absolute atomic E-state index is 12.0. The van der Waals surface area contributed by atoms with Crippen LogP contribution in [0.15, 0.2) is 24.3 Å². The number of carbonyl (C=O) groups is 1. The Morgan fingerprint density at radius 1 is 1.35 bits per heavy atom. The zero-order chi connectivity index (χ0) is 15.3. The van der Waals surface area contributed by atoms with Crippen molar-refractivity contribution in [2.24, 2.45) is 5.73 Å². The number of nitrogens with zero attached hydrogens (tertiary/aromatic N) is 1. The maximum atomic E-state index is 12.0. The van der Waals surface area contributed by atoms with Crippen LogP contribution < -0.4 is 5.73 Å². The molecule has 1 aromatic rings. The number of hydrogen-bond donors (Lipinski definition) is 2. The highest BCUT2D eigenvalue weighted by Gasteiger charge is 2.19. The van der Waals surface area contributed by atoms with Crippen LogP contribution in [0.1, 0.15) is 5.56 Å². The minimum atomic E-state index is -3.10. The molecule has 0 spiro atoms. The predicted molar refractivity (Wildman–Crippen MR) is 77.1 cm³/mol. The van der Waals surface area contributed by atoms with Crippen molar-refractivity contribution in [1.29, 1.82) is 0 Å². The predicted octanol–water partition coefficient (Wildman–Crippen LogP) is -0.235. The van der Waals surface area contributed by atoms with Gasteiger partial charge in [-0.25, -0.2) is 8.42 Å². The first-order valence-corrected chi connectivity index (χ1v) is 8.21. The van der Waals surface area contributed by atoms with Crippen LogP contribution >= 0.6 is 0 Å². The molecular weight excluding hydrogens is 280 g/mol. The lowest BCUT2D eigenvalue weighted by Gasteiger charge is -2.21. The minimum Gasteiger partial charge on any atom is -0.508 e. The summed E-state index contributed by atoms with van der Waals surface area (Å²) in [6.45, 7) is 0.126. The van der Waals surface area contributed by atoms with Crippen LogP contribution in [0.25, 0.3) is 0 Å². The van der Waals surface area contributed by atoms with Crippen LogP contribution in [0.3, 0.4) is 0 Å². The molecule has 112 valence electrons. The zero-order valence-electron chi connectivity index (χ0n) is 11.6. The van der Waals surface area contributed by atoms with Gasteiger partial charge in [0, 0.05) is 19.8 Å². The fourth-order valence-corrected chi connectivity index (χ4v) is 2.27. The molecule has 0 radical (unpaired) electrons. The van der Waals surface area contributed by atoms with E-state index in [-0.39, 0.29) is 24.0 Å². The summed E-state index contributed by atoms with van der Waals surface area (Å²) in [5.74, 6) is -0.234. The van der Waals surface area contributed by atoms with Gasteiger partial charge in [0.05, 0.1) is 11.8 Å². The van der Waals surface area contributed by atoms with E-state index in [9.17, 15) is 18.3 Å². The fourth-order valence-electron chi connectivity index (χ4n) is 1.67. The first-order valence-electron chi connectivity index (χ1n) is 6.15. The number of benzene rings is 1. The van der Waals surface area contributed by atoms with Crippen LogP contribution in [-0.2, 0) is 21.1 Å². The lowest BCUT2D eigenvalue weighted by atomic mass is 10.1. The third-order valence-corrected chi connectivity index (χ3v) is 3.81. The van der Waals surface area contributed by atoms with Crippen LogP contribution in [-0.4, -0.2) is 56.0 Å². The van der Waals surface area contributed by atoms with Gasteiger partial charge in [-0.15, -0.1) is 0 Å². The molecule has 3 N–H and O–H groups in total. The van der Waals surface area contributed by atoms with Crippen LogP contribution in [0.5, 0.6) is 5.75 Å². The number of phenols is 1. The Hall–Kier alpha value is -1.60. The Kier molecular flexibility index (Phi) is 5.52. The van der Waals surface area contributed by atoms with E-state index in [0.717, 1.165) is 11.8 Å². The number of amides is 1. The highest BCUT2D eigenvalue weighted by atomic mass is 32.2. The van der Waals surface area contributed by atoms with Gasteiger partial charge in [0.1, 0.15) is 15.6 Å². The lowest BCUT2D eigenvalue weighted by molar-refractivity contribution is -0.131. The molecule has 1 atom stereocenters. The molecule has 6 nitrogen and oxygen atoms in total. The van der Waals surface area contributed by atoms with Crippen molar-refractivity contribution in [1.82, 2.24) is 4.90 Å². The van der Waals surface area contributed by atoms with Gasteiger partial charge in [0.2, 0.25) is 5.91 Å². The van der Waals surface area contributed by atoms with Gasteiger partial charge in [-0.1, -0.05) is 12.1 Å². The van der Waals surface area contributed by atoms with E-state index in [1.54, 1.807) is 12.1 Å². The molecule has 7 heteroatoms. The topological polar surface area (TPSA) is 101 Å². The molecule has 1 unspecified atom stereocenters. The van der Waals surface area contributed by atoms with E-state index < -0.39 is 15.9 Å². The summed E-state index contributed by atoms with van der Waals surface area (Å²) in [6.07, 6.45) is 1.46. The van der Waals surface area contributed by atoms with Crippen molar-refractivity contribution in [3.8, 4) is 5.75 Å². The zero-order valence-corrected chi connectivity index (χ0v) is 12.4. The first kappa shape index (κ1) is 16.5. The average molecular weight is 300 g/mol. The lowest BCUT2D eigenvalue weighted by Crippen LogP contribution is -2.44. The van der Waals surface area contributed by atoms with Crippen molar-refractivity contribution >= 4 is 15.7 Å². The Morgan fingerprint density at radius 2 is 1.90 bits per heavy atom. The molecule has 0 aliphatic carbocycles. The standard InChI is InChI=1S/C13H20N2O4S/c1-15(7-8-20(2,18)19)13(17)12(14)9-10-3-5-11(16)6-4-10/h3-6,12,16H,7-9,14H2,1-2H3. The number of sulfone groups is 1. The Balaban J connectivity index is 2.55. The van der Waals surface area contributed by atoms with E-state index in [1.165, 1.54) is 24.1 Å². The molecule has 1 rings (SSSR count). The van der Waals surface area contributed by atoms with Crippen molar-refractivity contribution in [2.45, 2.75) is 12.5 Å². The normalized spacial score (nSPS) is 12.9. The molecule has 0 aromatic heterocycles. The smallest absolute Gasteiger partial charge is 0.239 e. The van der Waals surface area contributed by atoms with Gasteiger partial charge in [-0.2, -0.15) is 0 Å². The number of hydrogen-bond acceptors (Lipinski definition) is 5. The maximum Gasteiger partial charge on any atom is 0.239 e. The molecule has 0 heterocycles. The second-order valence-electron chi connectivity index (χ2n) is 4.87. The summed E-state index contributed by atoms with van der Waals surface area (Å²) in [6, 6.07) is 5.71. The Labute approximate surface area is 119 Å². The summed E-state index contributed by atoms with van der Waals surface area (Å²) in [4.78, 5) is 13.3. The highest BCUT2D eigenvalue weighted by Crippen LogP contribution is 2.11. The highest BCUT2D eigenvalue weighted by molar-refractivity contribution is 7.90. The molecule has 20 heavy (non-hydrogen) atoms.